The monoisotopic (exact) mass is 295 g/mol. The molecular formula is C15H21NO3S. The molecule has 20 heavy (non-hydrogen) atoms. The summed E-state index contributed by atoms with van der Waals surface area (Å²) in [4.78, 5) is 23.4. The largest absolute Gasteiger partial charge is 0.468 e. The van der Waals surface area contributed by atoms with E-state index < -0.39 is 0 Å². The van der Waals surface area contributed by atoms with Crippen molar-refractivity contribution in [1.29, 1.82) is 0 Å². The van der Waals surface area contributed by atoms with E-state index in [9.17, 15) is 9.59 Å². The van der Waals surface area contributed by atoms with Crippen LogP contribution in [0.3, 0.4) is 0 Å². The minimum absolute atomic E-state index is 0.116. The van der Waals surface area contributed by atoms with Crippen LogP contribution in [0.4, 0.5) is 5.69 Å². The van der Waals surface area contributed by atoms with E-state index in [0.717, 1.165) is 12.1 Å². The highest BCUT2D eigenvalue weighted by Crippen LogP contribution is 2.20. The number of benzene rings is 1. The predicted octanol–water partition coefficient (Wildman–Crippen LogP) is 2.87. The lowest BCUT2D eigenvalue weighted by Gasteiger charge is -2.15. The summed E-state index contributed by atoms with van der Waals surface area (Å²) >= 11 is 1.28. The molecule has 2 unspecified atom stereocenters. The molecular weight excluding hydrogens is 274 g/mol. The number of nitrogens with one attached hydrogen (secondary N) is 1. The second-order valence-electron chi connectivity index (χ2n) is 4.48. The fraction of sp³-hybridized carbons (Fsp3) is 0.467. The van der Waals surface area contributed by atoms with E-state index in [1.54, 1.807) is 13.8 Å². The van der Waals surface area contributed by atoms with Gasteiger partial charge in [-0.2, -0.15) is 0 Å². The number of hydrogen-bond acceptors (Lipinski definition) is 4. The van der Waals surface area contributed by atoms with E-state index in [4.69, 9.17) is 0 Å². The third-order valence-corrected chi connectivity index (χ3v) is 4.16. The maximum Gasteiger partial charge on any atom is 0.318 e. The third-order valence-electron chi connectivity index (χ3n) is 2.94. The summed E-state index contributed by atoms with van der Waals surface area (Å²) < 4.78 is 4.64. The van der Waals surface area contributed by atoms with Crippen molar-refractivity contribution < 1.29 is 14.3 Å². The van der Waals surface area contributed by atoms with Crippen LogP contribution >= 0.6 is 11.8 Å². The van der Waals surface area contributed by atoms with Crippen molar-refractivity contribution >= 4 is 29.3 Å². The molecule has 1 aromatic rings. The highest BCUT2D eigenvalue weighted by molar-refractivity contribution is 8.01. The molecule has 0 bridgehead atoms. The number of anilines is 1. The first-order chi connectivity index (χ1) is 9.47. The second kappa shape index (κ2) is 7.94. The minimum atomic E-state index is -0.358. The van der Waals surface area contributed by atoms with Gasteiger partial charge in [-0.15, -0.1) is 11.8 Å². The number of rotatable bonds is 6. The van der Waals surface area contributed by atoms with Gasteiger partial charge in [0.05, 0.1) is 12.4 Å². The van der Waals surface area contributed by atoms with E-state index >= 15 is 0 Å². The Morgan fingerprint density at radius 2 is 1.80 bits per heavy atom. The number of carbonyl (C=O) groups excluding carboxylic acids is 2. The molecule has 2 atom stereocenters. The standard InChI is InChI=1S/C15H21NO3S/c1-5-12-6-8-13(9-7-12)16-14(17)10(2)20-11(3)15(18)19-4/h6-11H,5H2,1-4H3,(H,16,17). The maximum atomic E-state index is 12.0. The molecule has 0 spiro atoms. The smallest absolute Gasteiger partial charge is 0.318 e. The van der Waals surface area contributed by atoms with Crippen LogP contribution in [0.5, 0.6) is 0 Å². The Hall–Kier alpha value is -1.49. The molecule has 1 N–H and O–H groups in total. The van der Waals surface area contributed by atoms with Crippen LogP contribution in [0, 0.1) is 0 Å². The Bertz CT molecular complexity index is 459. The van der Waals surface area contributed by atoms with Crippen molar-refractivity contribution in [3.05, 3.63) is 29.8 Å². The lowest BCUT2D eigenvalue weighted by atomic mass is 10.1. The van der Waals surface area contributed by atoms with Crippen molar-refractivity contribution in [2.24, 2.45) is 0 Å². The van der Waals surface area contributed by atoms with Crippen LogP contribution in [0.25, 0.3) is 0 Å². The number of aryl methyl sites for hydroxylation is 1. The topological polar surface area (TPSA) is 55.4 Å². The number of carbonyl (C=O) groups is 2. The van der Waals surface area contributed by atoms with E-state index in [0.29, 0.717) is 0 Å². The number of methoxy groups -OCH3 is 1. The molecule has 0 saturated carbocycles. The van der Waals surface area contributed by atoms with Gasteiger partial charge < -0.3 is 10.1 Å². The lowest BCUT2D eigenvalue weighted by molar-refractivity contribution is -0.139. The molecule has 0 radical (unpaired) electrons. The van der Waals surface area contributed by atoms with Gasteiger partial charge in [0.15, 0.2) is 0 Å². The van der Waals surface area contributed by atoms with Crippen molar-refractivity contribution in [2.45, 2.75) is 37.7 Å². The normalized spacial score (nSPS) is 13.4. The van der Waals surface area contributed by atoms with Crippen molar-refractivity contribution in [2.75, 3.05) is 12.4 Å². The van der Waals surface area contributed by atoms with Gasteiger partial charge in [-0.1, -0.05) is 19.1 Å². The molecule has 0 aliphatic rings. The van der Waals surface area contributed by atoms with Crippen LogP contribution in [-0.2, 0) is 20.7 Å². The molecule has 110 valence electrons. The van der Waals surface area contributed by atoms with E-state index in [1.165, 1.54) is 24.4 Å². The van der Waals surface area contributed by atoms with Gasteiger partial charge in [-0.05, 0) is 38.0 Å². The van der Waals surface area contributed by atoms with Gasteiger partial charge in [0.1, 0.15) is 5.25 Å². The van der Waals surface area contributed by atoms with Gasteiger partial charge >= 0.3 is 5.97 Å². The summed E-state index contributed by atoms with van der Waals surface area (Å²) in [7, 11) is 1.35. The van der Waals surface area contributed by atoms with Crippen LogP contribution in [0.2, 0.25) is 0 Å². The first kappa shape index (κ1) is 16.6. The summed E-state index contributed by atoms with van der Waals surface area (Å²) in [6.45, 7) is 5.59. The summed E-state index contributed by atoms with van der Waals surface area (Å²) in [5, 5.41) is 2.16. The maximum absolute atomic E-state index is 12.0. The molecule has 0 fully saturated rings. The molecule has 0 saturated heterocycles. The SMILES string of the molecule is CCc1ccc(NC(=O)C(C)SC(C)C(=O)OC)cc1. The van der Waals surface area contributed by atoms with E-state index in [2.05, 4.69) is 17.0 Å². The molecule has 4 nitrogen and oxygen atoms in total. The Labute approximate surface area is 124 Å². The van der Waals surface area contributed by atoms with Gasteiger partial charge in [-0.3, -0.25) is 9.59 Å². The molecule has 0 aliphatic carbocycles. The second-order valence-corrected chi connectivity index (χ2v) is 6.17. The number of amides is 1. The molecule has 5 heteroatoms. The minimum Gasteiger partial charge on any atom is -0.468 e. The van der Waals surface area contributed by atoms with Crippen molar-refractivity contribution in [1.82, 2.24) is 0 Å². The van der Waals surface area contributed by atoms with Crippen LogP contribution < -0.4 is 5.32 Å². The first-order valence-electron chi connectivity index (χ1n) is 6.61. The van der Waals surface area contributed by atoms with Gasteiger partial charge in [0.25, 0.3) is 0 Å². The summed E-state index contributed by atoms with van der Waals surface area (Å²) in [5.41, 5.74) is 2.00. The van der Waals surface area contributed by atoms with E-state index in [-0.39, 0.29) is 22.4 Å². The average molecular weight is 295 g/mol. The average Bonchev–Trinajstić information content (AvgIpc) is 2.46. The molecule has 0 aromatic heterocycles. The Kier molecular flexibility index (Phi) is 6.58. The van der Waals surface area contributed by atoms with Gasteiger partial charge in [0, 0.05) is 5.69 Å². The lowest BCUT2D eigenvalue weighted by Crippen LogP contribution is -2.27. The fourth-order valence-corrected chi connectivity index (χ4v) is 2.66. The zero-order chi connectivity index (χ0) is 15.1. The van der Waals surface area contributed by atoms with Crippen molar-refractivity contribution in [3.63, 3.8) is 0 Å². The molecule has 0 aliphatic heterocycles. The highest BCUT2D eigenvalue weighted by atomic mass is 32.2. The number of thioether (sulfide) groups is 1. The van der Waals surface area contributed by atoms with Crippen LogP contribution in [0.1, 0.15) is 26.3 Å². The predicted molar refractivity (Wildman–Crippen MR) is 83.0 cm³/mol. The van der Waals surface area contributed by atoms with Gasteiger partial charge in [-0.25, -0.2) is 0 Å². The number of hydrogen-bond donors (Lipinski definition) is 1. The molecule has 1 rings (SSSR count). The van der Waals surface area contributed by atoms with Crippen LogP contribution in [-0.4, -0.2) is 29.5 Å². The fourth-order valence-electron chi connectivity index (χ4n) is 1.66. The molecule has 1 aromatic carbocycles. The number of esters is 1. The van der Waals surface area contributed by atoms with Crippen molar-refractivity contribution in [3.8, 4) is 0 Å². The third kappa shape index (κ3) is 4.89. The molecule has 1 amide bonds. The Morgan fingerprint density at radius 1 is 1.20 bits per heavy atom. The highest BCUT2D eigenvalue weighted by Gasteiger charge is 2.21. The summed E-state index contributed by atoms with van der Waals surface area (Å²) in [5.74, 6) is -0.433. The molecule has 0 heterocycles. The van der Waals surface area contributed by atoms with Gasteiger partial charge in [0.2, 0.25) is 5.91 Å². The first-order valence-corrected chi connectivity index (χ1v) is 7.55. The summed E-state index contributed by atoms with van der Waals surface area (Å²) in [6.07, 6.45) is 0.969. The quantitative estimate of drug-likeness (QED) is 0.820. The number of ether oxygens (including phenoxy) is 1. The Balaban J connectivity index is 2.54. The zero-order valence-electron chi connectivity index (χ0n) is 12.3. The zero-order valence-corrected chi connectivity index (χ0v) is 13.1. The van der Waals surface area contributed by atoms with Crippen LogP contribution in [0.15, 0.2) is 24.3 Å². The summed E-state index contributed by atoms with van der Waals surface area (Å²) in [6, 6.07) is 7.75. The Morgan fingerprint density at radius 3 is 2.30 bits per heavy atom. The van der Waals surface area contributed by atoms with E-state index in [1.807, 2.05) is 24.3 Å².